The average Bonchev–Trinajstić information content (AvgIpc) is 4.49. The van der Waals surface area contributed by atoms with Crippen LogP contribution in [-0.4, -0.2) is 18.3 Å². The molecule has 0 fully saturated rings. The van der Waals surface area contributed by atoms with Crippen molar-refractivity contribution in [2.24, 2.45) is 0 Å². The Hall–Kier alpha value is -9.90. The Balaban J connectivity index is 0.987. The maximum absolute atomic E-state index is 2.55. The molecule has 0 unspecified atom stereocenters. The van der Waals surface area contributed by atoms with Gasteiger partial charge in [0.15, 0.2) is 0 Å². The van der Waals surface area contributed by atoms with Crippen LogP contribution in [0.15, 0.2) is 261 Å². The van der Waals surface area contributed by atoms with Crippen molar-refractivity contribution in [3.8, 4) is 33.9 Å². The number of fused-ring (bicyclic) bond motifs is 17. The van der Waals surface area contributed by atoms with E-state index >= 15 is 0 Å². The number of nitrogens with zero attached hydrogens (tertiary/aromatic N) is 4. The third-order valence-electron chi connectivity index (χ3n) is 17.3. The second-order valence-electron chi connectivity index (χ2n) is 21.0. The highest BCUT2D eigenvalue weighted by Crippen LogP contribution is 2.58. The van der Waals surface area contributed by atoms with Gasteiger partial charge in [0.05, 0.1) is 44.0 Å². The van der Waals surface area contributed by atoms with E-state index in [1.807, 2.05) is 0 Å². The van der Waals surface area contributed by atoms with Crippen molar-refractivity contribution in [3.63, 3.8) is 0 Å². The van der Waals surface area contributed by atoms with Crippen LogP contribution < -0.4 is 0 Å². The van der Waals surface area contributed by atoms with Gasteiger partial charge in [-0.3, -0.25) is 0 Å². The van der Waals surface area contributed by atoms with Gasteiger partial charge in [0.1, 0.15) is 0 Å². The van der Waals surface area contributed by atoms with Crippen molar-refractivity contribution in [1.82, 2.24) is 18.3 Å². The van der Waals surface area contributed by atoms with Crippen LogP contribution in [-0.2, 0) is 11.8 Å². The summed E-state index contributed by atoms with van der Waals surface area (Å²) < 4.78 is 10.0. The number of rotatable bonds is 6. The number of hydrogen-bond donors (Lipinski definition) is 0. The molecule has 2 aliphatic rings. The van der Waals surface area contributed by atoms with Crippen LogP contribution >= 0.6 is 0 Å². The van der Waals surface area contributed by atoms with Crippen molar-refractivity contribution in [2.75, 3.05) is 0 Å². The maximum Gasteiger partial charge on any atom is 0.0714 e. The molecule has 4 heteroatoms. The zero-order chi connectivity index (χ0) is 50.3. The SMILES string of the molecule is C1=Cc2c(n(-c3ccccc3)c3ccc4c5cc(C6(c7ccc8c(c7)c7ccc9c(c%10ccccc%10n9-c9ccccc9)c7n8-c7ccccc7)c7ccccc7-c7ccccc76)ccc5n(-c5ccccc5)c4c23)CC1. The minimum Gasteiger partial charge on any atom is -0.313 e. The summed E-state index contributed by atoms with van der Waals surface area (Å²) in [5.74, 6) is 0. The third-order valence-corrected chi connectivity index (χ3v) is 17.3. The average molecular weight is 981 g/mol. The molecule has 0 N–H and O–H groups in total. The zero-order valence-electron chi connectivity index (χ0n) is 42.1. The first-order valence-corrected chi connectivity index (χ1v) is 27.0. The van der Waals surface area contributed by atoms with Crippen LogP contribution in [0.25, 0.3) is 116 Å². The van der Waals surface area contributed by atoms with Crippen molar-refractivity contribution in [3.05, 3.63) is 294 Å². The lowest BCUT2D eigenvalue weighted by Gasteiger charge is -2.34. The van der Waals surface area contributed by atoms with Gasteiger partial charge >= 0.3 is 0 Å². The number of aromatic nitrogens is 4. The van der Waals surface area contributed by atoms with E-state index in [0.717, 1.165) is 29.9 Å². The molecule has 4 aromatic heterocycles. The van der Waals surface area contributed by atoms with E-state index in [1.54, 1.807) is 0 Å². The van der Waals surface area contributed by atoms with Crippen LogP contribution in [0.5, 0.6) is 0 Å². The van der Waals surface area contributed by atoms with Gasteiger partial charge in [-0.2, -0.15) is 0 Å². The van der Waals surface area contributed by atoms with Gasteiger partial charge in [-0.05, 0) is 137 Å². The molecular weight excluding hydrogens is 933 g/mol. The highest BCUT2D eigenvalue weighted by atomic mass is 15.0. The first kappa shape index (κ1) is 42.5. The molecule has 0 saturated carbocycles. The smallest absolute Gasteiger partial charge is 0.0714 e. The van der Waals surface area contributed by atoms with Gasteiger partial charge in [0, 0.05) is 71.7 Å². The third kappa shape index (κ3) is 5.71. The Morgan fingerprint density at radius 3 is 1.30 bits per heavy atom. The van der Waals surface area contributed by atoms with Gasteiger partial charge < -0.3 is 18.3 Å². The Bertz CT molecular complexity index is 4910. The summed E-state index contributed by atoms with van der Waals surface area (Å²) in [5.41, 5.74) is 22.8. The Morgan fingerprint density at radius 1 is 0.312 bits per heavy atom. The summed E-state index contributed by atoms with van der Waals surface area (Å²) in [5, 5.41) is 8.73. The van der Waals surface area contributed by atoms with Gasteiger partial charge in [0.2, 0.25) is 0 Å². The predicted molar refractivity (Wildman–Crippen MR) is 321 cm³/mol. The molecule has 0 atom stereocenters. The first-order chi connectivity index (χ1) is 38.3. The normalized spacial score (nSPS) is 13.7. The molecule has 77 heavy (non-hydrogen) atoms. The van der Waals surface area contributed by atoms with Crippen molar-refractivity contribution >= 4 is 82.4 Å². The number of benzene rings is 11. The van der Waals surface area contributed by atoms with Crippen molar-refractivity contribution in [1.29, 1.82) is 0 Å². The van der Waals surface area contributed by atoms with E-state index in [0.29, 0.717) is 0 Å². The molecule has 4 heterocycles. The number of para-hydroxylation sites is 5. The van der Waals surface area contributed by atoms with E-state index in [9.17, 15) is 0 Å². The summed E-state index contributed by atoms with van der Waals surface area (Å²) in [6.45, 7) is 0. The van der Waals surface area contributed by atoms with Crippen LogP contribution in [0, 0.1) is 0 Å². The predicted octanol–water partition coefficient (Wildman–Crippen LogP) is 18.2. The van der Waals surface area contributed by atoms with E-state index in [4.69, 9.17) is 0 Å². The van der Waals surface area contributed by atoms with Crippen LogP contribution in [0.2, 0.25) is 0 Å². The zero-order valence-corrected chi connectivity index (χ0v) is 42.1. The molecule has 17 rings (SSSR count). The molecule has 15 aromatic rings. The Morgan fingerprint density at radius 2 is 0.740 bits per heavy atom. The van der Waals surface area contributed by atoms with E-state index in [-0.39, 0.29) is 0 Å². The second-order valence-corrected chi connectivity index (χ2v) is 21.0. The molecule has 0 aliphatic heterocycles. The molecule has 4 nitrogen and oxygen atoms in total. The highest BCUT2D eigenvalue weighted by molar-refractivity contribution is 6.26. The van der Waals surface area contributed by atoms with Crippen LogP contribution in [0.4, 0.5) is 0 Å². The molecule has 2 aliphatic carbocycles. The summed E-state index contributed by atoms with van der Waals surface area (Å²) >= 11 is 0. The lowest BCUT2D eigenvalue weighted by Crippen LogP contribution is -2.28. The molecule has 360 valence electrons. The van der Waals surface area contributed by atoms with Gasteiger partial charge in [-0.15, -0.1) is 0 Å². The molecular formula is C73H48N4. The fourth-order valence-electron chi connectivity index (χ4n) is 14.3. The summed E-state index contributed by atoms with van der Waals surface area (Å²) in [6, 6.07) is 95.3. The Labute approximate surface area is 444 Å². The monoisotopic (exact) mass is 980 g/mol. The van der Waals surface area contributed by atoms with E-state index in [1.165, 1.54) is 127 Å². The minimum absolute atomic E-state index is 0.659. The number of hydrogen-bond acceptors (Lipinski definition) is 0. The summed E-state index contributed by atoms with van der Waals surface area (Å²) in [7, 11) is 0. The van der Waals surface area contributed by atoms with Crippen LogP contribution in [0.3, 0.4) is 0 Å². The maximum atomic E-state index is 2.55. The largest absolute Gasteiger partial charge is 0.313 e. The minimum atomic E-state index is -0.659. The lowest BCUT2D eigenvalue weighted by molar-refractivity contribution is 0.771. The Kier molecular flexibility index (Phi) is 8.85. The van der Waals surface area contributed by atoms with Crippen molar-refractivity contribution < 1.29 is 0 Å². The number of allylic oxidation sites excluding steroid dienone is 1. The fraction of sp³-hybridized carbons (Fsp3) is 0.0411. The van der Waals surface area contributed by atoms with Gasteiger partial charge in [0.25, 0.3) is 0 Å². The first-order valence-electron chi connectivity index (χ1n) is 27.0. The lowest BCUT2D eigenvalue weighted by atomic mass is 9.67. The molecule has 0 bridgehead atoms. The van der Waals surface area contributed by atoms with E-state index < -0.39 is 5.41 Å². The topological polar surface area (TPSA) is 19.7 Å². The fourth-order valence-corrected chi connectivity index (χ4v) is 14.3. The van der Waals surface area contributed by atoms with Crippen LogP contribution in [0.1, 0.15) is 39.9 Å². The summed E-state index contributed by atoms with van der Waals surface area (Å²) in [6.07, 6.45) is 6.76. The second kappa shape index (κ2) is 16.1. The molecule has 0 saturated heterocycles. The van der Waals surface area contributed by atoms with Gasteiger partial charge in [-0.25, -0.2) is 0 Å². The highest BCUT2D eigenvalue weighted by Gasteiger charge is 2.46. The molecule has 0 radical (unpaired) electrons. The van der Waals surface area contributed by atoms with E-state index in [2.05, 4.69) is 285 Å². The standard InChI is InChI=1S/C73H48N4/c1-5-21-49(22-6-1)74-63-35-19-15-31-57(63)69-67(74)43-39-55-59-45-47(37-41-65(59)76(71(55)69)51-25-9-3-10-26-51)73(61-33-17-13-29-53(61)54-30-14-18-34-62(54)73)48-38-42-66-60(46-48)56-40-44-68-70(72(56)77(66)52-27-11-4-12-28-52)58-32-16-20-36-64(58)75(68)50-23-7-2-8-24-50/h1-19,21-35,37-46H,20,36H2. The summed E-state index contributed by atoms with van der Waals surface area (Å²) in [4.78, 5) is 0. The quantitative estimate of drug-likeness (QED) is 0.158. The molecule has 0 spiro atoms. The molecule has 11 aromatic carbocycles. The van der Waals surface area contributed by atoms with Crippen molar-refractivity contribution in [2.45, 2.75) is 18.3 Å². The van der Waals surface area contributed by atoms with Gasteiger partial charge in [-0.1, -0.05) is 176 Å². The molecule has 0 amide bonds.